The highest BCUT2D eigenvalue weighted by Crippen LogP contribution is 2.02. The Bertz CT molecular complexity index is 37.8. The molecule has 0 saturated heterocycles. The number of rotatable bonds is 6. The normalized spacial score (nSPS) is 10.0. The minimum Gasteiger partial charge on any atom is -0.0682 e. The molecule has 0 aliphatic carbocycles. The standard InChI is InChI=1S/C8H18Si/c1-3-5-6-7-8-9-4-2/h3-8H2,1-2H3. The quantitative estimate of drug-likeness (QED) is 0.395. The minimum absolute atomic E-state index is 1.23. The fraction of sp³-hybridized carbons (Fsp3) is 1.00. The fourth-order valence-electron chi connectivity index (χ4n) is 0.854. The van der Waals surface area contributed by atoms with E-state index >= 15 is 0 Å². The van der Waals surface area contributed by atoms with Gasteiger partial charge in [-0.25, -0.2) is 0 Å². The highest BCUT2D eigenvalue weighted by atomic mass is 28.2. The van der Waals surface area contributed by atoms with E-state index in [4.69, 9.17) is 0 Å². The van der Waals surface area contributed by atoms with Gasteiger partial charge in [0, 0.05) is 9.52 Å². The van der Waals surface area contributed by atoms with Crippen molar-refractivity contribution in [2.45, 2.75) is 51.6 Å². The van der Waals surface area contributed by atoms with Crippen LogP contribution in [0.4, 0.5) is 0 Å². The lowest BCUT2D eigenvalue weighted by molar-refractivity contribution is 0.700. The lowest BCUT2D eigenvalue weighted by atomic mass is 10.2. The molecule has 0 aliphatic rings. The van der Waals surface area contributed by atoms with Gasteiger partial charge in [0.15, 0.2) is 0 Å². The fourth-order valence-corrected chi connectivity index (χ4v) is 1.71. The van der Waals surface area contributed by atoms with Crippen molar-refractivity contribution in [3.63, 3.8) is 0 Å². The molecule has 0 N–H and O–H groups in total. The van der Waals surface area contributed by atoms with Gasteiger partial charge in [0.1, 0.15) is 0 Å². The van der Waals surface area contributed by atoms with Gasteiger partial charge in [0.25, 0.3) is 0 Å². The van der Waals surface area contributed by atoms with Crippen molar-refractivity contribution in [3.05, 3.63) is 0 Å². The zero-order valence-electron chi connectivity index (χ0n) is 6.74. The summed E-state index contributed by atoms with van der Waals surface area (Å²) in [6.45, 7) is 4.54. The van der Waals surface area contributed by atoms with Crippen LogP contribution >= 0.6 is 0 Å². The molecule has 0 aromatic rings. The first-order valence-electron chi connectivity index (χ1n) is 4.12. The Kier molecular flexibility index (Phi) is 8.41. The highest BCUT2D eigenvalue weighted by molar-refractivity contribution is 6.35. The Morgan fingerprint density at radius 3 is 2.33 bits per heavy atom. The zero-order chi connectivity index (χ0) is 6.95. The molecule has 0 fully saturated rings. The molecule has 0 heterocycles. The van der Waals surface area contributed by atoms with Crippen LogP contribution in [0, 0.1) is 0 Å². The monoisotopic (exact) mass is 142 g/mol. The van der Waals surface area contributed by atoms with Gasteiger partial charge in [-0.05, 0) is 0 Å². The van der Waals surface area contributed by atoms with Crippen LogP contribution < -0.4 is 0 Å². The molecule has 54 valence electrons. The molecule has 0 atom stereocenters. The van der Waals surface area contributed by atoms with Crippen molar-refractivity contribution in [1.82, 2.24) is 0 Å². The Morgan fingerprint density at radius 1 is 1.00 bits per heavy atom. The van der Waals surface area contributed by atoms with Crippen LogP contribution in [0.15, 0.2) is 0 Å². The summed E-state index contributed by atoms with van der Waals surface area (Å²) >= 11 is 0. The topological polar surface area (TPSA) is 0 Å². The van der Waals surface area contributed by atoms with Crippen molar-refractivity contribution in [1.29, 1.82) is 0 Å². The molecule has 0 rings (SSSR count). The Morgan fingerprint density at radius 2 is 1.78 bits per heavy atom. The maximum Gasteiger partial charge on any atom is 0.0375 e. The predicted molar refractivity (Wildman–Crippen MR) is 45.2 cm³/mol. The third-order valence-corrected chi connectivity index (χ3v) is 2.66. The summed E-state index contributed by atoms with van der Waals surface area (Å²) in [5.74, 6) is 0. The van der Waals surface area contributed by atoms with E-state index < -0.39 is 0 Å². The first kappa shape index (κ1) is 9.22. The van der Waals surface area contributed by atoms with Gasteiger partial charge in [-0.15, -0.1) is 0 Å². The van der Waals surface area contributed by atoms with Crippen molar-refractivity contribution >= 4 is 9.52 Å². The van der Waals surface area contributed by atoms with E-state index in [0.717, 1.165) is 0 Å². The maximum absolute atomic E-state index is 2.28. The van der Waals surface area contributed by atoms with E-state index in [-0.39, 0.29) is 0 Å². The summed E-state index contributed by atoms with van der Waals surface area (Å²) in [5.41, 5.74) is 0. The summed E-state index contributed by atoms with van der Waals surface area (Å²) in [7, 11) is 1.23. The van der Waals surface area contributed by atoms with E-state index in [2.05, 4.69) is 13.8 Å². The molecule has 0 aromatic carbocycles. The third kappa shape index (κ3) is 8.22. The van der Waals surface area contributed by atoms with Crippen LogP contribution in [0.5, 0.6) is 0 Å². The smallest absolute Gasteiger partial charge is 0.0375 e. The Hall–Kier alpha value is 0.217. The lowest BCUT2D eigenvalue weighted by Gasteiger charge is -1.95. The van der Waals surface area contributed by atoms with Gasteiger partial charge in [-0.3, -0.25) is 0 Å². The molecule has 9 heavy (non-hydrogen) atoms. The average molecular weight is 142 g/mol. The summed E-state index contributed by atoms with van der Waals surface area (Å²) in [4.78, 5) is 0. The van der Waals surface area contributed by atoms with Crippen LogP contribution in [0.3, 0.4) is 0 Å². The highest BCUT2D eigenvalue weighted by Gasteiger charge is 1.86. The van der Waals surface area contributed by atoms with Crippen LogP contribution in [0.1, 0.15) is 39.5 Å². The SMILES string of the molecule is CCCCCC[Si]CC. The number of unbranched alkanes of at least 4 members (excludes halogenated alkanes) is 3. The van der Waals surface area contributed by atoms with Crippen LogP contribution in [0.2, 0.25) is 12.1 Å². The number of hydrogen-bond acceptors (Lipinski definition) is 0. The van der Waals surface area contributed by atoms with Crippen LogP contribution in [-0.2, 0) is 0 Å². The molecule has 2 radical (unpaired) electrons. The molecule has 1 heteroatoms. The van der Waals surface area contributed by atoms with Gasteiger partial charge in [0.05, 0.1) is 0 Å². The molecule has 0 unspecified atom stereocenters. The average Bonchev–Trinajstić information content (AvgIpc) is 1.89. The molecule has 0 aromatic heterocycles. The first-order chi connectivity index (χ1) is 4.41. The van der Waals surface area contributed by atoms with Crippen molar-refractivity contribution in [3.8, 4) is 0 Å². The van der Waals surface area contributed by atoms with Crippen LogP contribution in [-0.4, -0.2) is 9.52 Å². The van der Waals surface area contributed by atoms with Crippen LogP contribution in [0.25, 0.3) is 0 Å². The van der Waals surface area contributed by atoms with E-state index in [0.29, 0.717) is 0 Å². The van der Waals surface area contributed by atoms with Crippen molar-refractivity contribution in [2.24, 2.45) is 0 Å². The van der Waals surface area contributed by atoms with E-state index in [9.17, 15) is 0 Å². The van der Waals surface area contributed by atoms with Crippen molar-refractivity contribution in [2.75, 3.05) is 0 Å². The second-order valence-corrected chi connectivity index (χ2v) is 4.12. The Balaban J connectivity index is 2.60. The second-order valence-electron chi connectivity index (χ2n) is 2.41. The Labute approximate surface area is 61.9 Å². The second kappa shape index (κ2) is 8.22. The third-order valence-electron chi connectivity index (χ3n) is 1.46. The zero-order valence-corrected chi connectivity index (χ0v) is 7.74. The van der Waals surface area contributed by atoms with E-state index in [1.54, 1.807) is 0 Å². The van der Waals surface area contributed by atoms with E-state index in [1.807, 2.05) is 0 Å². The summed E-state index contributed by atoms with van der Waals surface area (Å²) < 4.78 is 0. The van der Waals surface area contributed by atoms with Gasteiger partial charge < -0.3 is 0 Å². The molecular formula is C8H18Si. The molecule has 0 amide bonds. The van der Waals surface area contributed by atoms with E-state index in [1.165, 1.54) is 47.3 Å². The van der Waals surface area contributed by atoms with Gasteiger partial charge >= 0.3 is 0 Å². The van der Waals surface area contributed by atoms with Gasteiger partial charge in [-0.2, -0.15) is 0 Å². The molecule has 0 nitrogen and oxygen atoms in total. The molecule has 0 saturated carbocycles. The molecule has 0 bridgehead atoms. The predicted octanol–water partition coefficient (Wildman–Crippen LogP) is 3.13. The summed E-state index contributed by atoms with van der Waals surface area (Å²) in [6.07, 6.45) is 5.74. The molecular weight excluding hydrogens is 124 g/mol. The maximum atomic E-state index is 2.28. The van der Waals surface area contributed by atoms with Gasteiger partial charge in [0.2, 0.25) is 0 Å². The largest absolute Gasteiger partial charge is 0.0682 e. The van der Waals surface area contributed by atoms with Gasteiger partial charge in [-0.1, -0.05) is 51.6 Å². The summed E-state index contributed by atoms with van der Waals surface area (Å²) in [5, 5.41) is 0. The molecule has 0 spiro atoms. The lowest BCUT2D eigenvalue weighted by Crippen LogP contribution is -1.85. The summed E-state index contributed by atoms with van der Waals surface area (Å²) in [6, 6.07) is 2.88. The minimum atomic E-state index is 1.23. The molecule has 0 aliphatic heterocycles. The number of hydrogen-bond donors (Lipinski definition) is 0. The first-order valence-corrected chi connectivity index (χ1v) is 5.54. The van der Waals surface area contributed by atoms with Crippen molar-refractivity contribution < 1.29 is 0 Å².